The van der Waals surface area contributed by atoms with Crippen LogP contribution in [-0.4, -0.2) is 43.5 Å². The zero-order valence-corrected chi connectivity index (χ0v) is 13.9. The first-order chi connectivity index (χ1) is 10.8. The van der Waals surface area contributed by atoms with Gasteiger partial charge in [-0.2, -0.15) is 5.10 Å². The Bertz CT molecular complexity index is 766. The van der Waals surface area contributed by atoms with Gasteiger partial charge in [-0.05, 0) is 43.7 Å². The van der Waals surface area contributed by atoms with Crippen molar-refractivity contribution in [1.29, 1.82) is 0 Å². The van der Waals surface area contributed by atoms with E-state index >= 15 is 0 Å². The van der Waals surface area contributed by atoms with Gasteiger partial charge in [0.1, 0.15) is 0 Å². The lowest BCUT2D eigenvalue weighted by atomic mass is 10.2. The third kappa shape index (κ3) is 5.50. The Hall–Kier alpha value is -2.19. The number of rotatable bonds is 7. The Kier molecular flexibility index (Phi) is 5.51. The first kappa shape index (κ1) is 17.2. The molecule has 0 aliphatic rings. The highest BCUT2D eigenvalue weighted by Gasteiger charge is 2.06. The average molecular weight is 336 g/mol. The number of carbonyl (C=O) groups is 1. The van der Waals surface area contributed by atoms with E-state index in [0.717, 1.165) is 17.6 Å². The van der Waals surface area contributed by atoms with Crippen molar-refractivity contribution in [3.05, 3.63) is 47.8 Å². The third-order valence-electron chi connectivity index (χ3n) is 3.12. The predicted octanol–water partition coefficient (Wildman–Crippen LogP) is 0.850. The number of hydrogen-bond donors (Lipinski definition) is 2. The van der Waals surface area contributed by atoms with Crippen LogP contribution in [0.25, 0.3) is 5.69 Å². The number of aromatic nitrogens is 2. The Labute approximate surface area is 135 Å². The average Bonchev–Trinajstić information content (AvgIpc) is 2.92. The van der Waals surface area contributed by atoms with Crippen molar-refractivity contribution in [2.75, 3.05) is 19.3 Å². The second-order valence-electron chi connectivity index (χ2n) is 5.22. The summed E-state index contributed by atoms with van der Waals surface area (Å²) in [5.74, 6) is -0.187. The summed E-state index contributed by atoms with van der Waals surface area (Å²) in [4.78, 5) is 12.0. The van der Waals surface area contributed by atoms with Crippen LogP contribution < -0.4 is 10.0 Å². The molecular formula is C15H20N4O3S. The second-order valence-corrected chi connectivity index (χ2v) is 7.06. The predicted molar refractivity (Wildman–Crippen MR) is 88.1 cm³/mol. The molecule has 0 saturated heterocycles. The van der Waals surface area contributed by atoms with Gasteiger partial charge in [0.15, 0.2) is 0 Å². The lowest BCUT2D eigenvalue weighted by Crippen LogP contribution is -2.29. The fourth-order valence-electron chi connectivity index (χ4n) is 1.97. The van der Waals surface area contributed by atoms with Gasteiger partial charge in [-0.3, -0.25) is 4.79 Å². The molecule has 0 atom stereocenters. The van der Waals surface area contributed by atoms with Crippen LogP contribution in [0, 0.1) is 6.92 Å². The Balaban J connectivity index is 1.83. The summed E-state index contributed by atoms with van der Waals surface area (Å²) >= 11 is 0. The summed E-state index contributed by atoms with van der Waals surface area (Å²) in [6, 6.07) is 9.02. The Morgan fingerprint density at radius 1 is 1.17 bits per heavy atom. The molecule has 0 bridgehead atoms. The zero-order valence-electron chi connectivity index (χ0n) is 13.1. The topological polar surface area (TPSA) is 93.1 Å². The molecule has 1 heterocycles. The van der Waals surface area contributed by atoms with Gasteiger partial charge in [-0.15, -0.1) is 0 Å². The SMILES string of the molecule is Cc1ccn(-c2ccc(C(=O)NCCCNS(C)(=O)=O)cc2)n1. The molecule has 0 radical (unpaired) electrons. The number of nitrogens with one attached hydrogen (secondary N) is 2. The van der Waals surface area contributed by atoms with Gasteiger partial charge in [-0.25, -0.2) is 17.8 Å². The van der Waals surface area contributed by atoms with Crippen LogP contribution in [0.4, 0.5) is 0 Å². The molecule has 23 heavy (non-hydrogen) atoms. The van der Waals surface area contributed by atoms with E-state index in [4.69, 9.17) is 0 Å². The number of hydrogen-bond acceptors (Lipinski definition) is 4. The lowest BCUT2D eigenvalue weighted by molar-refractivity contribution is 0.0953. The highest BCUT2D eigenvalue weighted by molar-refractivity contribution is 7.88. The second kappa shape index (κ2) is 7.38. The number of carbonyl (C=O) groups excluding carboxylic acids is 1. The van der Waals surface area contributed by atoms with Crippen LogP contribution in [-0.2, 0) is 10.0 Å². The summed E-state index contributed by atoms with van der Waals surface area (Å²) in [6.45, 7) is 2.62. The summed E-state index contributed by atoms with van der Waals surface area (Å²) in [7, 11) is -3.18. The Morgan fingerprint density at radius 3 is 2.43 bits per heavy atom. The molecule has 8 heteroatoms. The van der Waals surface area contributed by atoms with Gasteiger partial charge in [0.25, 0.3) is 5.91 Å². The van der Waals surface area contributed by atoms with Gasteiger partial charge in [0.05, 0.1) is 17.6 Å². The summed E-state index contributed by atoms with van der Waals surface area (Å²) in [5, 5.41) is 7.06. The monoisotopic (exact) mass is 336 g/mol. The van der Waals surface area contributed by atoms with Crippen molar-refractivity contribution >= 4 is 15.9 Å². The van der Waals surface area contributed by atoms with Crippen LogP contribution in [0.1, 0.15) is 22.5 Å². The minimum Gasteiger partial charge on any atom is -0.352 e. The first-order valence-corrected chi connectivity index (χ1v) is 9.10. The van der Waals surface area contributed by atoms with Crippen molar-refractivity contribution in [3.8, 4) is 5.69 Å². The third-order valence-corrected chi connectivity index (χ3v) is 3.85. The lowest BCUT2D eigenvalue weighted by Gasteiger charge is -2.07. The van der Waals surface area contributed by atoms with Crippen molar-refractivity contribution in [3.63, 3.8) is 0 Å². The minimum absolute atomic E-state index is 0.187. The summed E-state index contributed by atoms with van der Waals surface area (Å²) in [6.07, 6.45) is 3.50. The fraction of sp³-hybridized carbons (Fsp3) is 0.333. The van der Waals surface area contributed by atoms with Crippen molar-refractivity contribution < 1.29 is 13.2 Å². The zero-order chi connectivity index (χ0) is 16.9. The normalized spacial score (nSPS) is 11.4. The van der Waals surface area contributed by atoms with E-state index in [-0.39, 0.29) is 5.91 Å². The van der Waals surface area contributed by atoms with Crippen molar-refractivity contribution in [2.45, 2.75) is 13.3 Å². The van der Waals surface area contributed by atoms with Gasteiger partial charge in [-0.1, -0.05) is 0 Å². The smallest absolute Gasteiger partial charge is 0.251 e. The minimum atomic E-state index is -3.18. The standard InChI is InChI=1S/C15H20N4O3S/c1-12-8-11-19(18-12)14-6-4-13(5-7-14)15(20)16-9-3-10-17-23(2,21)22/h4-8,11,17H,3,9-10H2,1-2H3,(H,16,20). The molecule has 1 amide bonds. The number of sulfonamides is 1. The highest BCUT2D eigenvalue weighted by Crippen LogP contribution is 2.09. The molecule has 0 aliphatic carbocycles. The van der Waals surface area contributed by atoms with E-state index in [1.54, 1.807) is 16.8 Å². The fourth-order valence-corrected chi connectivity index (χ4v) is 2.49. The number of amides is 1. The van der Waals surface area contributed by atoms with Crippen molar-refractivity contribution in [2.24, 2.45) is 0 Å². The van der Waals surface area contributed by atoms with Gasteiger partial charge >= 0.3 is 0 Å². The molecule has 2 rings (SSSR count). The van der Waals surface area contributed by atoms with E-state index in [2.05, 4.69) is 15.1 Å². The van der Waals surface area contributed by atoms with Gasteiger partial charge in [0.2, 0.25) is 10.0 Å². The van der Waals surface area contributed by atoms with E-state index in [1.807, 2.05) is 31.3 Å². The highest BCUT2D eigenvalue weighted by atomic mass is 32.2. The molecule has 0 spiro atoms. The first-order valence-electron chi connectivity index (χ1n) is 7.21. The van der Waals surface area contributed by atoms with Crippen LogP contribution in [0.2, 0.25) is 0 Å². The molecule has 1 aromatic heterocycles. The van der Waals surface area contributed by atoms with Crippen LogP contribution in [0.3, 0.4) is 0 Å². The molecule has 2 aromatic rings. The molecule has 7 nitrogen and oxygen atoms in total. The maximum absolute atomic E-state index is 12.0. The van der Waals surface area contributed by atoms with Crippen LogP contribution in [0.5, 0.6) is 0 Å². The number of aryl methyl sites for hydroxylation is 1. The van der Waals surface area contributed by atoms with Crippen molar-refractivity contribution in [1.82, 2.24) is 19.8 Å². The van der Waals surface area contributed by atoms with E-state index in [9.17, 15) is 13.2 Å². The maximum Gasteiger partial charge on any atom is 0.251 e. The number of nitrogens with zero attached hydrogens (tertiary/aromatic N) is 2. The van der Waals surface area contributed by atoms with E-state index < -0.39 is 10.0 Å². The molecule has 1 aromatic carbocycles. The molecule has 0 saturated carbocycles. The molecule has 0 unspecified atom stereocenters. The quantitative estimate of drug-likeness (QED) is 0.733. The van der Waals surface area contributed by atoms with Crippen LogP contribution >= 0.6 is 0 Å². The molecule has 0 fully saturated rings. The maximum atomic E-state index is 12.0. The van der Waals surface area contributed by atoms with Crippen LogP contribution in [0.15, 0.2) is 36.5 Å². The molecule has 0 aliphatic heterocycles. The molecule has 124 valence electrons. The summed E-state index contributed by atoms with van der Waals surface area (Å²) < 4.78 is 25.9. The van der Waals surface area contributed by atoms with E-state index in [0.29, 0.717) is 25.1 Å². The summed E-state index contributed by atoms with van der Waals surface area (Å²) in [5.41, 5.74) is 2.36. The molecular weight excluding hydrogens is 316 g/mol. The van der Waals surface area contributed by atoms with Gasteiger partial charge in [0, 0.05) is 24.8 Å². The van der Waals surface area contributed by atoms with Gasteiger partial charge < -0.3 is 5.32 Å². The number of benzene rings is 1. The molecule has 2 N–H and O–H groups in total. The largest absolute Gasteiger partial charge is 0.352 e. The van der Waals surface area contributed by atoms with E-state index in [1.165, 1.54) is 0 Å². The Morgan fingerprint density at radius 2 is 1.87 bits per heavy atom.